The maximum absolute atomic E-state index is 11.8. The van der Waals surface area contributed by atoms with E-state index in [1.54, 1.807) is 17.1 Å². The monoisotopic (exact) mass is 285 g/mol. The number of sulfonamides is 1. The number of nitrogens with one attached hydrogen (secondary N) is 1. The van der Waals surface area contributed by atoms with E-state index in [1.807, 2.05) is 0 Å². The minimum absolute atomic E-state index is 0.196. The SMILES string of the molecule is O=S(=O)(Nc1cnn(C[C@@H]2CCCCO2)c1)C1CC1. The van der Waals surface area contributed by atoms with Gasteiger partial charge in [-0.15, -0.1) is 0 Å². The standard InChI is InChI=1S/C12H19N3O3S/c16-19(17,12-4-5-12)14-10-7-13-15(8-10)9-11-3-1-2-6-18-11/h7-8,11-12,14H,1-6,9H2/t11-/m0/s1. The van der Waals surface area contributed by atoms with Crippen LogP contribution in [0.25, 0.3) is 0 Å². The van der Waals surface area contributed by atoms with Gasteiger partial charge in [0.25, 0.3) is 0 Å². The number of aromatic nitrogens is 2. The average Bonchev–Trinajstić information content (AvgIpc) is 3.16. The largest absolute Gasteiger partial charge is 0.376 e. The number of rotatable bonds is 5. The van der Waals surface area contributed by atoms with Crippen molar-refractivity contribution in [3.63, 3.8) is 0 Å². The van der Waals surface area contributed by atoms with Gasteiger partial charge in [0, 0.05) is 12.8 Å². The van der Waals surface area contributed by atoms with Gasteiger partial charge in [-0.25, -0.2) is 8.42 Å². The van der Waals surface area contributed by atoms with Crippen LogP contribution < -0.4 is 4.72 Å². The lowest BCUT2D eigenvalue weighted by molar-refractivity contribution is 0.00401. The topological polar surface area (TPSA) is 73.2 Å². The van der Waals surface area contributed by atoms with Crippen LogP contribution in [0.15, 0.2) is 12.4 Å². The van der Waals surface area contributed by atoms with Crippen molar-refractivity contribution >= 4 is 15.7 Å². The second-order valence-electron chi connectivity index (χ2n) is 5.29. The Bertz CT molecular complexity index is 530. The van der Waals surface area contributed by atoms with Crippen LogP contribution >= 0.6 is 0 Å². The number of ether oxygens (including phenoxy) is 1. The molecule has 1 aromatic rings. The molecule has 0 unspecified atom stereocenters. The highest BCUT2D eigenvalue weighted by atomic mass is 32.2. The first kappa shape index (κ1) is 12.9. The quantitative estimate of drug-likeness (QED) is 0.886. The van der Waals surface area contributed by atoms with E-state index in [0.29, 0.717) is 12.2 Å². The predicted octanol–water partition coefficient (Wildman–Crippen LogP) is 1.36. The van der Waals surface area contributed by atoms with Gasteiger partial charge in [0.2, 0.25) is 10.0 Å². The van der Waals surface area contributed by atoms with Crippen LogP contribution in [-0.2, 0) is 21.3 Å². The van der Waals surface area contributed by atoms with Gasteiger partial charge in [0.05, 0.1) is 29.8 Å². The van der Waals surface area contributed by atoms with Gasteiger partial charge in [-0.2, -0.15) is 5.10 Å². The lowest BCUT2D eigenvalue weighted by Gasteiger charge is -2.22. The van der Waals surface area contributed by atoms with Crippen molar-refractivity contribution in [2.45, 2.75) is 50.0 Å². The molecule has 106 valence electrons. The first-order valence-corrected chi connectivity index (χ1v) is 8.34. The van der Waals surface area contributed by atoms with E-state index in [4.69, 9.17) is 4.74 Å². The second-order valence-corrected chi connectivity index (χ2v) is 7.25. The molecule has 1 aliphatic heterocycles. The van der Waals surface area contributed by atoms with Crippen LogP contribution in [-0.4, -0.2) is 36.2 Å². The zero-order valence-corrected chi connectivity index (χ0v) is 11.6. The Morgan fingerprint density at radius 3 is 2.89 bits per heavy atom. The fourth-order valence-electron chi connectivity index (χ4n) is 2.30. The van der Waals surface area contributed by atoms with Crippen LogP contribution in [0.5, 0.6) is 0 Å². The van der Waals surface area contributed by atoms with Crippen LogP contribution in [0, 0.1) is 0 Å². The molecule has 1 N–H and O–H groups in total. The Hall–Kier alpha value is -1.08. The fourth-order valence-corrected chi connectivity index (χ4v) is 3.66. The third-order valence-corrected chi connectivity index (χ3v) is 5.39. The molecule has 19 heavy (non-hydrogen) atoms. The first-order chi connectivity index (χ1) is 9.13. The smallest absolute Gasteiger partial charge is 0.235 e. The second kappa shape index (κ2) is 5.13. The van der Waals surface area contributed by atoms with E-state index < -0.39 is 10.0 Å². The van der Waals surface area contributed by atoms with Crippen LogP contribution in [0.1, 0.15) is 32.1 Å². The normalized spacial score (nSPS) is 24.3. The zero-order valence-electron chi connectivity index (χ0n) is 10.8. The van der Waals surface area contributed by atoms with Gasteiger partial charge in [-0.05, 0) is 32.1 Å². The van der Waals surface area contributed by atoms with Gasteiger partial charge in [-0.1, -0.05) is 0 Å². The van der Waals surface area contributed by atoms with Gasteiger partial charge in [0.1, 0.15) is 0 Å². The number of anilines is 1. The lowest BCUT2D eigenvalue weighted by atomic mass is 10.1. The van der Waals surface area contributed by atoms with Crippen molar-refractivity contribution in [3.8, 4) is 0 Å². The highest BCUT2D eigenvalue weighted by Crippen LogP contribution is 2.29. The Labute approximate surface area is 113 Å². The van der Waals surface area contributed by atoms with Crippen molar-refractivity contribution in [1.82, 2.24) is 9.78 Å². The minimum atomic E-state index is -3.19. The van der Waals surface area contributed by atoms with Crippen LogP contribution in [0.4, 0.5) is 5.69 Å². The number of hydrogen-bond acceptors (Lipinski definition) is 4. The number of hydrogen-bond donors (Lipinski definition) is 1. The molecule has 1 aromatic heterocycles. The molecule has 1 atom stereocenters. The summed E-state index contributed by atoms with van der Waals surface area (Å²) in [6, 6.07) is 0. The molecular weight excluding hydrogens is 266 g/mol. The molecule has 0 amide bonds. The van der Waals surface area contributed by atoms with E-state index in [2.05, 4.69) is 9.82 Å². The summed E-state index contributed by atoms with van der Waals surface area (Å²) < 4.78 is 33.6. The molecule has 7 heteroatoms. The molecule has 1 saturated heterocycles. The van der Waals surface area contributed by atoms with E-state index >= 15 is 0 Å². The molecular formula is C12H19N3O3S. The van der Waals surface area contributed by atoms with Crippen molar-refractivity contribution in [3.05, 3.63) is 12.4 Å². The lowest BCUT2D eigenvalue weighted by Crippen LogP contribution is -2.24. The maximum Gasteiger partial charge on any atom is 0.235 e. The van der Waals surface area contributed by atoms with Gasteiger partial charge in [0.15, 0.2) is 0 Å². The van der Waals surface area contributed by atoms with Crippen molar-refractivity contribution < 1.29 is 13.2 Å². The molecule has 2 fully saturated rings. The Balaban J connectivity index is 1.59. The molecule has 0 radical (unpaired) electrons. The third kappa shape index (κ3) is 3.27. The van der Waals surface area contributed by atoms with Crippen molar-refractivity contribution in [1.29, 1.82) is 0 Å². The molecule has 1 aliphatic carbocycles. The molecule has 2 heterocycles. The van der Waals surface area contributed by atoms with E-state index in [9.17, 15) is 8.42 Å². The Morgan fingerprint density at radius 2 is 2.21 bits per heavy atom. The van der Waals surface area contributed by atoms with Crippen LogP contribution in [0.3, 0.4) is 0 Å². The Morgan fingerprint density at radius 1 is 1.37 bits per heavy atom. The summed E-state index contributed by atoms with van der Waals surface area (Å²) in [4.78, 5) is 0. The summed E-state index contributed by atoms with van der Waals surface area (Å²) in [6.45, 7) is 1.50. The van der Waals surface area contributed by atoms with Crippen molar-refractivity contribution in [2.24, 2.45) is 0 Å². The molecule has 1 saturated carbocycles. The maximum atomic E-state index is 11.8. The van der Waals surface area contributed by atoms with Gasteiger partial charge >= 0.3 is 0 Å². The highest BCUT2D eigenvalue weighted by Gasteiger charge is 2.35. The third-order valence-electron chi connectivity index (χ3n) is 3.52. The van der Waals surface area contributed by atoms with E-state index in [-0.39, 0.29) is 11.4 Å². The van der Waals surface area contributed by atoms with E-state index in [0.717, 1.165) is 32.3 Å². The van der Waals surface area contributed by atoms with Crippen LogP contribution in [0.2, 0.25) is 0 Å². The fraction of sp³-hybridized carbons (Fsp3) is 0.750. The average molecular weight is 285 g/mol. The minimum Gasteiger partial charge on any atom is -0.376 e. The summed E-state index contributed by atoms with van der Waals surface area (Å²) in [5.74, 6) is 0. The number of nitrogens with zero attached hydrogens (tertiary/aromatic N) is 2. The van der Waals surface area contributed by atoms with E-state index in [1.165, 1.54) is 6.42 Å². The molecule has 0 bridgehead atoms. The first-order valence-electron chi connectivity index (χ1n) is 6.79. The molecule has 3 rings (SSSR count). The van der Waals surface area contributed by atoms with Gasteiger partial charge in [-0.3, -0.25) is 9.40 Å². The molecule has 2 aliphatic rings. The van der Waals surface area contributed by atoms with Gasteiger partial charge < -0.3 is 4.74 Å². The van der Waals surface area contributed by atoms with Crippen molar-refractivity contribution in [2.75, 3.05) is 11.3 Å². The summed E-state index contributed by atoms with van der Waals surface area (Å²) in [5.41, 5.74) is 0.544. The molecule has 6 nitrogen and oxygen atoms in total. The molecule has 0 spiro atoms. The highest BCUT2D eigenvalue weighted by molar-refractivity contribution is 7.93. The summed E-state index contributed by atoms with van der Waals surface area (Å²) in [7, 11) is -3.19. The summed E-state index contributed by atoms with van der Waals surface area (Å²) >= 11 is 0. The zero-order chi connectivity index (χ0) is 13.3. The Kier molecular flexibility index (Phi) is 3.49. The summed E-state index contributed by atoms with van der Waals surface area (Å²) in [6.07, 6.45) is 8.37. The predicted molar refractivity (Wildman–Crippen MR) is 71.4 cm³/mol. The summed E-state index contributed by atoms with van der Waals surface area (Å²) in [5, 5.41) is 3.97. The molecule has 0 aromatic carbocycles.